The van der Waals surface area contributed by atoms with E-state index in [1.807, 2.05) is 18.5 Å². The lowest BCUT2D eigenvalue weighted by Crippen LogP contribution is -1.82. The minimum Gasteiger partial charge on any atom is -0.346 e. The van der Waals surface area contributed by atoms with Crippen molar-refractivity contribution >= 4 is 11.0 Å². The quantitative estimate of drug-likeness (QED) is 0.651. The molecule has 0 bridgehead atoms. The minimum absolute atomic E-state index is 0.941. The highest BCUT2D eigenvalue weighted by Crippen LogP contribution is 2.22. The van der Waals surface area contributed by atoms with E-state index in [0.717, 1.165) is 16.6 Å². The topological polar surface area (TPSA) is 28.7 Å². The van der Waals surface area contributed by atoms with Crippen molar-refractivity contribution in [2.45, 2.75) is 6.92 Å². The first-order valence-corrected chi connectivity index (χ1v) is 5.33. The molecule has 0 radical (unpaired) electrons. The Bertz CT molecular complexity index is 638. The van der Waals surface area contributed by atoms with Crippen LogP contribution in [-0.4, -0.2) is 9.97 Å². The van der Waals surface area contributed by atoms with Crippen molar-refractivity contribution in [1.82, 2.24) is 9.97 Å². The van der Waals surface area contributed by atoms with Gasteiger partial charge in [-0.2, -0.15) is 0 Å². The van der Waals surface area contributed by atoms with E-state index in [1.165, 1.54) is 11.1 Å². The molecule has 3 rings (SSSR count). The molecule has 2 aromatic heterocycles. The number of hydrogen-bond donors (Lipinski definition) is 1. The standard InChI is InChI=1S/C14H12N2/c1-10-3-2-4-11(7-10)13-8-12-5-6-15-14(12)16-9-13/h2-9H,1H3,(H,15,16). The fourth-order valence-electron chi connectivity index (χ4n) is 1.92. The van der Waals surface area contributed by atoms with Gasteiger partial charge in [0.2, 0.25) is 0 Å². The van der Waals surface area contributed by atoms with Crippen LogP contribution in [0.2, 0.25) is 0 Å². The van der Waals surface area contributed by atoms with E-state index in [0.29, 0.717) is 0 Å². The van der Waals surface area contributed by atoms with Gasteiger partial charge >= 0.3 is 0 Å². The van der Waals surface area contributed by atoms with Gasteiger partial charge in [0.15, 0.2) is 0 Å². The Morgan fingerprint density at radius 1 is 1.06 bits per heavy atom. The maximum Gasteiger partial charge on any atom is 0.137 e. The summed E-state index contributed by atoms with van der Waals surface area (Å²) in [6, 6.07) is 12.7. The van der Waals surface area contributed by atoms with E-state index in [2.05, 4.69) is 47.2 Å². The number of benzene rings is 1. The van der Waals surface area contributed by atoms with Crippen LogP contribution in [0.3, 0.4) is 0 Å². The summed E-state index contributed by atoms with van der Waals surface area (Å²) in [6.45, 7) is 2.10. The van der Waals surface area contributed by atoms with Crippen molar-refractivity contribution in [3.63, 3.8) is 0 Å². The van der Waals surface area contributed by atoms with Crippen molar-refractivity contribution in [2.75, 3.05) is 0 Å². The molecule has 16 heavy (non-hydrogen) atoms. The van der Waals surface area contributed by atoms with E-state index in [1.54, 1.807) is 0 Å². The molecule has 0 aliphatic carbocycles. The summed E-state index contributed by atoms with van der Waals surface area (Å²) >= 11 is 0. The molecular weight excluding hydrogens is 196 g/mol. The summed E-state index contributed by atoms with van der Waals surface area (Å²) in [5.41, 5.74) is 4.59. The molecule has 0 aliphatic heterocycles. The van der Waals surface area contributed by atoms with E-state index in [4.69, 9.17) is 0 Å². The van der Waals surface area contributed by atoms with Crippen LogP contribution in [-0.2, 0) is 0 Å². The molecule has 0 aliphatic rings. The van der Waals surface area contributed by atoms with Gasteiger partial charge < -0.3 is 4.98 Å². The van der Waals surface area contributed by atoms with Crippen LogP contribution in [0.5, 0.6) is 0 Å². The van der Waals surface area contributed by atoms with Crippen LogP contribution in [0.25, 0.3) is 22.2 Å². The Balaban J connectivity index is 2.18. The zero-order valence-electron chi connectivity index (χ0n) is 9.07. The molecular formula is C14H12N2. The van der Waals surface area contributed by atoms with Gasteiger partial charge in [0, 0.05) is 23.3 Å². The summed E-state index contributed by atoms with van der Waals surface area (Å²) in [4.78, 5) is 7.49. The zero-order chi connectivity index (χ0) is 11.0. The van der Waals surface area contributed by atoms with E-state index >= 15 is 0 Å². The minimum atomic E-state index is 0.941. The Morgan fingerprint density at radius 2 is 2.00 bits per heavy atom. The highest BCUT2D eigenvalue weighted by molar-refractivity contribution is 5.81. The number of rotatable bonds is 1. The third-order valence-electron chi connectivity index (χ3n) is 2.75. The van der Waals surface area contributed by atoms with Gasteiger partial charge in [0.1, 0.15) is 5.65 Å². The molecule has 3 aromatic rings. The van der Waals surface area contributed by atoms with E-state index in [9.17, 15) is 0 Å². The molecule has 0 amide bonds. The lowest BCUT2D eigenvalue weighted by Gasteiger charge is -2.02. The molecule has 2 nitrogen and oxygen atoms in total. The van der Waals surface area contributed by atoms with Gasteiger partial charge in [-0.1, -0.05) is 29.8 Å². The summed E-state index contributed by atoms with van der Waals surface area (Å²) < 4.78 is 0. The van der Waals surface area contributed by atoms with Crippen LogP contribution >= 0.6 is 0 Å². The van der Waals surface area contributed by atoms with Crippen LogP contribution in [0.1, 0.15) is 5.56 Å². The second kappa shape index (κ2) is 3.49. The average Bonchev–Trinajstić information content (AvgIpc) is 2.75. The first kappa shape index (κ1) is 9.16. The molecule has 2 heterocycles. The molecule has 0 fully saturated rings. The smallest absolute Gasteiger partial charge is 0.137 e. The Labute approximate surface area is 94.0 Å². The molecule has 0 saturated carbocycles. The molecule has 0 atom stereocenters. The van der Waals surface area contributed by atoms with Crippen LogP contribution < -0.4 is 0 Å². The number of pyridine rings is 1. The van der Waals surface area contributed by atoms with Crippen molar-refractivity contribution in [2.24, 2.45) is 0 Å². The summed E-state index contributed by atoms with van der Waals surface area (Å²) in [7, 11) is 0. The fraction of sp³-hybridized carbons (Fsp3) is 0.0714. The monoisotopic (exact) mass is 208 g/mol. The lowest BCUT2D eigenvalue weighted by molar-refractivity contribution is 1.32. The number of H-pyrrole nitrogens is 1. The van der Waals surface area contributed by atoms with Crippen molar-refractivity contribution < 1.29 is 0 Å². The van der Waals surface area contributed by atoms with Crippen LogP contribution in [0.4, 0.5) is 0 Å². The SMILES string of the molecule is Cc1cccc(-c2cnc3[nH]ccc3c2)c1. The maximum atomic E-state index is 4.39. The predicted octanol–water partition coefficient (Wildman–Crippen LogP) is 3.54. The number of hydrogen-bond acceptors (Lipinski definition) is 1. The zero-order valence-corrected chi connectivity index (χ0v) is 9.07. The van der Waals surface area contributed by atoms with Gasteiger partial charge in [-0.05, 0) is 24.6 Å². The van der Waals surface area contributed by atoms with Crippen molar-refractivity contribution in [3.05, 3.63) is 54.4 Å². The number of aromatic nitrogens is 2. The summed E-state index contributed by atoms with van der Waals surface area (Å²) in [5.74, 6) is 0. The van der Waals surface area contributed by atoms with Gasteiger partial charge in [0.25, 0.3) is 0 Å². The fourth-order valence-corrected chi connectivity index (χ4v) is 1.92. The summed E-state index contributed by atoms with van der Waals surface area (Å²) in [6.07, 6.45) is 3.82. The van der Waals surface area contributed by atoms with E-state index in [-0.39, 0.29) is 0 Å². The number of aryl methyl sites for hydroxylation is 1. The maximum absolute atomic E-state index is 4.39. The Morgan fingerprint density at radius 3 is 2.88 bits per heavy atom. The third-order valence-corrected chi connectivity index (χ3v) is 2.75. The molecule has 0 unspecified atom stereocenters. The number of aromatic amines is 1. The lowest BCUT2D eigenvalue weighted by atomic mass is 10.0. The first-order valence-electron chi connectivity index (χ1n) is 5.33. The predicted molar refractivity (Wildman–Crippen MR) is 66.3 cm³/mol. The van der Waals surface area contributed by atoms with Gasteiger partial charge in [0.05, 0.1) is 0 Å². The van der Waals surface area contributed by atoms with Crippen molar-refractivity contribution in [1.29, 1.82) is 0 Å². The Hall–Kier alpha value is -2.09. The van der Waals surface area contributed by atoms with Gasteiger partial charge in [-0.15, -0.1) is 0 Å². The largest absolute Gasteiger partial charge is 0.346 e. The van der Waals surface area contributed by atoms with Gasteiger partial charge in [-0.3, -0.25) is 0 Å². The number of fused-ring (bicyclic) bond motifs is 1. The highest BCUT2D eigenvalue weighted by Gasteiger charge is 2.01. The molecule has 78 valence electrons. The van der Waals surface area contributed by atoms with Crippen molar-refractivity contribution in [3.8, 4) is 11.1 Å². The third kappa shape index (κ3) is 1.48. The normalized spacial score (nSPS) is 10.8. The van der Waals surface area contributed by atoms with Crippen LogP contribution in [0.15, 0.2) is 48.8 Å². The molecule has 2 heteroatoms. The second-order valence-corrected chi connectivity index (χ2v) is 4.01. The Kier molecular flexibility index (Phi) is 2.00. The van der Waals surface area contributed by atoms with E-state index < -0.39 is 0 Å². The average molecular weight is 208 g/mol. The van der Waals surface area contributed by atoms with Crippen LogP contribution in [0, 0.1) is 6.92 Å². The van der Waals surface area contributed by atoms with Gasteiger partial charge in [-0.25, -0.2) is 4.98 Å². The highest BCUT2D eigenvalue weighted by atomic mass is 14.8. The molecule has 0 saturated heterocycles. The molecule has 0 spiro atoms. The molecule has 1 aromatic carbocycles. The number of nitrogens with one attached hydrogen (secondary N) is 1. The second-order valence-electron chi connectivity index (χ2n) is 4.01. The summed E-state index contributed by atoms with van der Waals surface area (Å²) in [5, 5.41) is 1.15. The molecule has 1 N–H and O–H groups in total. The first-order chi connectivity index (χ1) is 7.83. The number of nitrogens with zero attached hydrogens (tertiary/aromatic N) is 1.